The monoisotopic (exact) mass is 661 g/mol. The van der Waals surface area contributed by atoms with E-state index in [2.05, 4.69) is 51.1 Å². The fraction of sp³-hybridized carbons (Fsp3) is 0.545. The van der Waals surface area contributed by atoms with Gasteiger partial charge in [-0.25, -0.2) is 23.8 Å². The molecule has 0 aliphatic carbocycles. The van der Waals surface area contributed by atoms with E-state index in [-0.39, 0.29) is 17.0 Å². The maximum atomic E-state index is 12.6. The molecule has 2 unspecified atom stereocenters. The average molecular weight is 663 g/mol. The van der Waals surface area contributed by atoms with Crippen LogP contribution in [0.3, 0.4) is 0 Å². The highest BCUT2D eigenvalue weighted by Crippen LogP contribution is 2.82. The van der Waals surface area contributed by atoms with E-state index >= 15 is 0 Å². The Balaban J connectivity index is 1.77. The van der Waals surface area contributed by atoms with Crippen LogP contribution in [0, 0.1) is 0 Å². The van der Waals surface area contributed by atoms with Gasteiger partial charge in [0.15, 0.2) is 17.7 Å². The van der Waals surface area contributed by atoms with E-state index in [0.29, 0.717) is 0 Å². The van der Waals surface area contributed by atoms with Crippen LogP contribution in [0.2, 0.25) is 0 Å². The molecule has 0 radical (unpaired) electrons. The summed E-state index contributed by atoms with van der Waals surface area (Å²) in [4.78, 5) is 49.2. The van der Waals surface area contributed by atoms with E-state index in [0.717, 1.165) is 6.33 Å². The lowest BCUT2D eigenvalue weighted by atomic mass is 10.1. The fourth-order valence-corrected chi connectivity index (χ4v) is 8.37. The number of hydrogen-bond acceptors (Lipinski definition) is 12. The lowest BCUT2D eigenvalue weighted by molar-refractivity contribution is -0.0484. The molecule has 1 saturated heterocycles. The maximum absolute atomic E-state index is 12.6. The Labute approximate surface area is 200 Å². The van der Waals surface area contributed by atoms with Crippen molar-refractivity contribution in [1.82, 2.24) is 19.5 Å². The number of aromatic nitrogens is 4. The van der Waals surface area contributed by atoms with E-state index in [1.165, 1.54) is 10.9 Å². The summed E-state index contributed by atoms with van der Waals surface area (Å²) in [6.07, 6.45) is -3.65. The van der Waals surface area contributed by atoms with Crippen LogP contribution in [0.5, 0.6) is 0 Å². The van der Waals surface area contributed by atoms with Gasteiger partial charge in [-0.2, -0.15) is 0 Å². The third kappa shape index (κ3) is 5.27. The number of aliphatic hydroxyl groups is 2. The summed E-state index contributed by atoms with van der Waals surface area (Å²) in [5, 5.41) is 20.7. The van der Waals surface area contributed by atoms with Crippen LogP contribution in [0.15, 0.2) is 12.7 Å². The van der Waals surface area contributed by atoms with Gasteiger partial charge in [0, 0.05) is 0 Å². The van der Waals surface area contributed by atoms with Crippen LogP contribution in [0.4, 0.5) is 5.82 Å². The smallest absolute Gasteiger partial charge is 0.387 e. The minimum atomic E-state index is -5.57. The molecule has 0 aromatic carbocycles. The van der Waals surface area contributed by atoms with Gasteiger partial charge in [-0.15, -0.1) is 0 Å². The fourth-order valence-electron chi connectivity index (χ4n) is 2.76. The van der Waals surface area contributed by atoms with Crippen LogP contribution < -0.4 is 5.73 Å². The van der Waals surface area contributed by atoms with E-state index in [4.69, 9.17) is 24.8 Å². The number of nitrogens with two attached hydrogens (primary N) is 1. The highest BCUT2D eigenvalue weighted by molar-refractivity contribution is 9.29. The summed E-state index contributed by atoms with van der Waals surface area (Å²) in [6, 6.07) is 0. The second-order valence-corrected chi connectivity index (χ2v) is 18.1. The number of imidazole rings is 1. The summed E-state index contributed by atoms with van der Waals surface area (Å²) < 4.78 is 47.8. The molecule has 8 N–H and O–H groups in total. The van der Waals surface area contributed by atoms with E-state index in [1.807, 2.05) is 0 Å². The summed E-state index contributed by atoms with van der Waals surface area (Å²) in [7, 11) is -16.4. The summed E-state index contributed by atoms with van der Waals surface area (Å²) in [6.45, 7) is -0.916. The molecule has 3 rings (SSSR count). The van der Waals surface area contributed by atoms with Crippen LogP contribution in [-0.4, -0.2) is 76.9 Å². The lowest BCUT2D eigenvalue weighted by Crippen LogP contribution is -2.34. The molecule has 0 saturated carbocycles. The molecular weight excluding hydrogens is 647 g/mol. The molecule has 1 aliphatic rings. The lowest BCUT2D eigenvalue weighted by Gasteiger charge is -2.29. The Kier molecular flexibility index (Phi) is 7.64. The first-order valence-electron chi connectivity index (χ1n) is 8.38. The number of halogens is 2. The van der Waals surface area contributed by atoms with E-state index < -0.39 is 56.9 Å². The van der Waals surface area contributed by atoms with E-state index in [9.17, 15) is 33.7 Å². The van der Waals surface area contributed by atoms with Crippen molar-refractivity contribution in [1.29, 1.82) is 0 Å². The zero-order chi connectivity index (χ0) is 25.0. The molecule has 2 aromatic heterocycles. The highest BCUT2D eigenvalue weighted by Gasteiger charge is 2.62. The van der Waals surface area contributed by atoms with Crippen molar-refractivity contribution in [3.8, 4) is 0 Å². The first-order chi connectivity index (χ1) is 15.0. The highest BCUT2D eigenvalue weighted by atomic mass is 79.9. The van der Waals surface area contributed by atoms with Gasteiger partial charge in [-0.1, -0.05) is 0 Å². The Bertz CT molecular complexity index is 1190. The summed E-state index contributed by atoms with van der Waals surface area (Å²) in [5.41, 5.74) is 6.04. The second kappa shape index (κ2) is 9.26. The van der Waals surface area contributed by atoms with Crippen molar-refractivity contribution in [2.45, 2.75) is 27.3 Å². The standard InChI is InChI=1S/C11H16Br2N5O12P3/c12-11(13,32(23,24)30-33(25,26)27)31(21,22)28-1-4-6(19)7(20)10(29-4)18-3-17-5-8(14)15-2-16-9(5)18/h2-4,6-7,10,19-20H,1H2,(H,21,22)(H,23,24)(H2,14,15,16)(H2,25,26,27)/t4-,6-,7-,10-/m1/s1. The minimum absolute atomic E-state index is 0.0461. The van der Waals surface area contributed by atoms with Crippen LogP contribution in [0.1, 0.15) is 6.23 Å². The Morgan fingerprint density at radius 2 is 1.73 bits per heavy atom. The van der Waals surface area contributed by atoms with Gasteiger partial charge in [0.1, 0.15) is 30.2 Å². The molecular formula is C11H16Br2N5O12P3. The molecule has 3 heterocycles. The zero-order valence-corrected chi connectivity index (χ0v) is 21.6. The SMILES string of the molecule is Nc1ncnc2c1ncn2[C@@H]1O[C@H](COP(=O)(O)C(Br)(Br)P(=O)(O)OP(=O)(O)O)[C@@H](O)[C@H]1O. The number of alkyl halides is 2. The predicted octanol–water partition coefficient (Wildman–Crippen LogP) is -0.0745. The van der Waals surface area contributed by atoms with Crippen LogP contribution in [0.25, 0.3) is 11.2 Å². The third-order valence-corrected chi connectivity index (χ3v) is 14.8. The maximum Gasteiger partial charge on any atom is 0.476 e. The second-order valence-electron chi connectivity index (χ2n) is 6.55. The molecule has 17 nitrogen and oxygen atoms in total. The van der Waals surface area contributed by atoms with Gasteiger partial charge >= 0.3 is 23.0 Å². The van der Waals surface area contributed by atoms with Crippen LogP contribution in [-0.2, 0) is 27.3 Å². The van der Waals surface area contributed by atoms with Gasteiger partial charge in [-0.05, 0) is 31.9 Å². The number of hydrogen-bond donors (Lipinski definition) is 7. The van der Waals surface area contributed by atoms with Gasteiger partial charge in [0.2, 0.25) is 0 Å². The molecule has 0 bridgehead atoms. The topological polar surface area (TPSA) is 270 Å². The molecule has 0 spiro atoms. The molecule has 33 heavy (non-hydrogen) atoms. The normalized spacial score (nSPS) is 28.0. The zero-order valence-electron chi connectivity index (χ0n) is 15.8. The van der Waals surface area contributed by atoms with Gasteiger partial charge in [0.05, 0.1) is 12.9 Å². The quantitative estimate of drug-likeness (QED) is 0.144. The number of nitrogens with zero attached hydrogens (tertiary/aromatic N) is 4. The third-order valence-electron chi connectivity index (χ3n) is 4.31. The molecule has 1 fully saturated rings. The molecule has 6 atom stereocenters. The first-order valence-corrected chi connectivity index (χ1v) is 14.7. The van der Waals surface area contributed by atoms with Crippen molar-refractivity contribution in [3.63, 3.8) is 0 Å². The van der Waals surface area contributed by atoms with Crippen molar-refractivity contribution >= 4 is 71.9 Å². The number of fused-ring (bicyclic) bond motifs is 1. The molecule has 186 valence electrons. The van der Waals surface area contributed by atoms with Crippen molar-refractivity contribution in [3.05, 3.63) is 12.7 Å². The number of anilines is 1. The number of nitrogen functional groups attached to an aromatic ring is 1. The Morgan fingerprint density at radius 3 is 2.33 bits per heavy atom. The van der Waals surface area contributed by atoms with Crippen molar-refractivity contribution in [2.75, 3.05) is 12.3 Å². The van der Waals surface area contributed by atoms with Gasteiger partial charge < -0.3 is 44.8 Å². The summed E-state index contributed by atoms with van der Waals surface area (Å²) >= 11 is 4.80. The summed E-state index contributed by atoms with van der Waals surface area (Å²) in [5.74, 6) is 0.0461. The van der Waals surface area contributed by atoms with Crippen molar-refractivity contribution < 1.29 is 57.1 Å². The molecule has 0 amide bonds. The minimum Gasteiger partial charge on any atom is -0.387 e. The molecule has 22 heteroatoms. The number of phosphoric acid groups is 1. The predicted molar refractivity (Wildman–Crippen MR) is 115 cm³/mol. The van der Waals surface area contributed by atoms with E-state index in [1.54, 1.807) is 0 Å². The van der Waals surface area contributed by atoms with Gasteiger partial charge in [0.25, 0.3) is 2.72 Å². The average Bonchev–Trinajstić information content (AvgIpc) is 3.21. The number of aliphatic hydroxyl groups excluding tert-OH is 2. The Morgan fingerprint density at radius 1 is 1.09 bits per heavy atom. The Hall–Kier alpha value is -0.360. The van der Waals surface area contributed by atoms with Gasteiger partial charge in [-0.3, -0.25) is 13.7 Å². The van der Waals surface area contributed by atoms with Crippen molar-refractivity contribution in [2.24, 2.45) is 0 Å². The van der Waals surface area contributed by atoms with Crippen LogP contribution >= 0.6 is 54.9 Å². The molecule has 1 aliphatic heterocycles. The largest absolute Gasteiger partial charge is 0.476 e. The number of ether oxygens (including phenoxy) is 1. The molecule has 2 aromatic rings. The number of rotatable bonds is 8. The first kappa shape index (κ1) is 27.2.